The summed E-state index contributed by atoms with van der Waals surface area (Å²) in [6, 6.07) is 7.75. The fourth-order valence-electron chi connectivity index (χ4n) is 2.61. The fraction of sp³-hybridized carbons (Fsp3) is 0.562. The van der Waals surface area contributed by atoms with Gasteiger partial charge in [-0.25, -0.2) is 0 Å². The van der Waals surface area contributed by atoms with Crippen LogP contribution in [0.4, 0.5) is 5.69 Å². The number of ether oxygens (including phenoxy) is 2. The number of benzene rings is 1. The van der Waals surface area contributed by atoms with Gasteiger partial charge in [0.05, 0.1) is 12.1 Å². The van der Waals surface area contributed by atoms with E-state index in [0.717, 1.165) is 12.1 Å². The largest absolute Gasteiger partial charge is 0.379 e. The van der Waals surface area contributed by atoms with Crippen molar-refractivity contribution in [1.29, 1.82) is 0 Å². The molecule has 0 aliphatic heterocycles. The van der Waals surface area contributed by atoms with Gasteiger partial charge in [-0.2, -0.15) is 0 Å². The number of hydrogen-bond acceptors (Lipinski definition) is 4. The molecule has 1 amide bonds. The summed E-state index contributed by atoms with van der Waals surface area (Å²) in [5.74, 6) is -0.0427. The zero-order chi connectivity index (χ0) is 15.2. The molecular weight excluding hydrogens is 268 g/mol. The van der Waals surface area contributed by atoms with E-state index in [1.165, 1.54) is 0 Å². The van der Waals surface area contributed by atoms with Crippen LogP contribution in [0.3, 0.4) is 0 Å². The summed E-state index contributed by atoms with van der Waals surface area (Å²) < 4.78 is 11.1. The van der Waals surface area contributed by atoms with Gasteiger partial charge in [-0.05, 0) is 44.5 Å². The predicted octanol–water partition coefficient (Wildman–Crippen LogP) is 2.04. The SMILES string of the molecule is CCNC(=O)c1ccc(NC2CC(OCC)C2OC)cc1. The summed E-state index contributed by atoms with van der Waals surface area (Å²) in [6.45, 7) is 5.24. The molecule has 0 saturated heterocycles. The van der Waals surface area contributed by atoms with Gasteiger partial charge in [0.2, 0.25) is 0 Å². The van der Waals surface area contributed by atoms with Crippen LogP contribution in [0.5, 0.6) is 0 Å². The first-order valence-corrected chi connectivity index (χ1v) is 7.48. The standard InChI is InChI=1S/C16H24N2O3/c1-4-17-16(19)11-6-8-12(9-7-11)18-13-10-14(21-5-2)15(13)20-3/h6-9,13-15,18H,4-5,10H2,1-3H3,(H,17,19). The van der Waals surface area contributed by atoms with E-state index < -0.39 is 0 Å². The fourth-order valence-corrected chi connectivity index (χ4v) is 2.61. The molecule has 0 aromatic heterocycles. The van der Waals surface area contributed by atoms with Gasteiger partial charge in [-0.15, -0.1) is 0 Å². The molecule has 1 saturated carbocycles. The number of carbonyl (C=O) groups excluding carboxylic acids is 1. The van der Waals surface area contributed by atoms with Gasteiger partial charge in [0, 0.05) is 31.5 Å². The Bertz CT molecular complexity index is 461. The monoisotopic (exact) mass is 292 g/mol. The lowest BCUT2D eigenvalue weighted by Gasteiger charge is -2.43. The summed E-state index contributed by atoms with van der Waals surface area (Å²) in [4.78, 5) is 11.7. The van der Waals surface area contributed by atoms with Crippen LogP contribution >= 0.6 is 0 Å². The maximum atomic E-state index is 11.7. The minimum Gasteiger partial charge on any atom is -0.379 e. The number of anilines is 1. The molecule has 2 rings (SSSR count). The lowest BCUT2D eigenvalue weighted by atomic mass is 9.85. The maximum Gasteiger partial charge on any atom is 0.251 e. The second-order valence-corrected chi connectivity index (χ2v) is 5.12. The van der Waals surface area contributed by atoms with E-state index in [1.54, 1.807) is 7.11 Å². The number of rotatable bonds is 7. The Morgan fingerprint density at radius 3 is 2.57 bits per heavy atom. The summed E-state index contributed by atoms with van der Waals surface area (Å²) in [6.07, 6.45) is 1.19. The molecule has 1 fully saturated rings. The second-order valence-electron chi connectivity index (χ2n) is 5.12. The van der Waals surface area contributed by atoms with Gasteiger partial charge in [0.1, 0.15) is 6.10 Å². The molecule has 1 aliphatic rings. The molecule has 1 aliphatic carbocycles. The Hall–Kier alpha value is -1.59. The number of hydrogen-bond donors (Lipinski definition) is 2. The van der Waals surface area contributed by atoms with Crippen LogP contribution in [-0.4, -0.2) is 44.4 Å². The van der Waals surface area contributed by atoms with Crippen molar-refractivity contribution in [3.8, 4) is 0 Å². The Kier molecular flexibility index (Phi) is 5.59. The topological polar surface area (TPSA) is 59.6 Å². The molecule has 0 heterocycles. The third-order valence-corrected chi connectivity index (χ3v) is 3.74. The third-order valence-electron chi connectivity index (χ3n) is 3.74. The second kappa shape index (κ2) is 7.43. The molecule has 0 bridgehead atoms. The highest BCUT2D eigenvalue weighted by molar-refractivity contribution is 5.94. The molecule has 0 spiro atoms. The molecular formula is C16H24N2O3. The van der Waals surface area contributed by atoms with Crippen LogP contribution in [0.2, 0.25) is 0 Å². The highest BCUT2D eigenvalue weighted by Gasteiger charge is 2.42. The van der Waals surface area contributed by atoms with E-state index in [1.807, 2.05) is 38.1 Å². The van der Waals surface area contributed by atoms with Gasteiger partial charge in [0.25, 0.3) is 5.91 Å². The number of methoxy groups -OCH3 is 1. The van der Waals surface area contributed by atoms with Gasteiger partial charge in [-0.1, -0.05) is 0 Å². The first-order chi connectivity index (χ1) is 10.2. The van der Waals surface area contributed by atoms with Crippen molar-refractivity contribution >= 4 is 11.6 Å². The van der Waals surface area contributed by atoms with Crippen LogP contribution in [0.15, 0.2) is 24.3 Å². The van der Waals surface area contributed by atoms with Crippen molar-refractivity contribution in [3.05, 3.63) is 29.8 Å². The molecule has 3 unspecified atom stereocenters. The first-order valence-electron chi connectivity index (χ1n) is 7.48. The van der Waals surface area contributed by atoms with E-state index in [9.17, 15) is 4.79 Å². The number of carbonyl (C=O) groups is 1. The smallest absolute Gasteiger partial charge is 0.251 e. The number of amides is 1. The Labute approximate surface area is 126 Å². The minimum atomic E-state index is -0.0427. The minimum absolute atomic E-state index is 0.0427. The Balaban J connectivity index is 1.90. The predicted molar refractivity (Wildman–Crippen MR) is 82.7 cm³/mol. The normalized spacial score (nSPS) is 24.2. The molecule has 116 valence electrons. The average molecular weight is 292 g/mol. The highest BCUT2D eigenvalue weighted by atomic mass is 16.5. The maximum absolute atomic E-state index is 11.7. The van der Waals surface area contributed by atoms with Crippen molar-refractivity contribution in [2.75, 3.05) is 25.6 Å². The van der Waals surface area contributed by atoms with Gasteiger partial charge in [0.15, 0.2) is 0 Å². The van der Waals surface area contributed by atoms with Gasteiger partial charge < -0.3 is 20.1 Å². The van der Waals surface area contributed by atoms with E-state index >= 15 is 0 Å². The summed E-state index contributed by atoms with van der Waals surface area (Å²) in [5, 5.41) is 6.21. The van der Waals surface area contributed by atoms with E-state index in [4.69, 9.17) is 9.47 Å². The van der Waals surface area contributed by atoms with Crippen molar-refractivity contribution in [2.24, 2.45) is 0 Å². The highest BCUT2D eigenvalue weighted by Crippen LogP contribution is 2.29. The van der Waals surface area contributed by atoms with Crippen LogP contribution < -0.4 is 10.6 Å². The van der Waals surface area contributed by atoms with Gasteiger partial charge in [-0.3, -0.25) is 4.79 Å². The summed E-state index contributed by atoms with van der Waals surface area (Å²) >= 11 is 0. The molecule has 1 aromatic carbocycles. The molecule has 2 N–H and O–H groups in total. The van der Waals surface area contributed by atoms with Crippen molar-refractivity contribution in [1.82, 2.24) is 5.32 Å². The molecule has 5 heteroatoms. The van der Waals surface area contributed by atoms with E-state index in [2.05, 4.69) is 10.6 Å². The van der Waals surface area contributed by atoms with Crippen molar-refractivity contribution < 1.29 is 14.3 Å². The van der Waals surface area contributed by atoms with Crippen molar-refractivity contribution in [3.63, 3.8) is 0 Å². The molecule has 5 nitrogen and oxygen atoms in total. The van der Waals surface area contributed by atoms with Crippen LogP contribution in [-0.2, 0) is 9.47 Å². The Morgan fingerprint density at radius 2 is 2.00 bits per heavy atom. The molecule has 3 atom stereocenters. The average Bonchev–Trinajstić information content (AvgIpc) is 2.47. The van der Waals surface area contributed by atoms with Crippen LogP contribution in [0.1, 0.15) is 30.6 Å². The Morgan fingerprint density at radius 1 is 1.29 bits per heavy atom. The quantitative estimate of drug-likeness (QED) is 0.807. The van der Waals surface area contributed by atoms with E-state index in [-0.39, 0.29) is 24.2 Å². The molecule has 1 aromatic rings. The van der Waals surface area contributed by atoms with Gasteiger partial charge >= 0.3 is 0 Å². The lowest BCUT2D eigenvalue weighted by Crippen LogP contribution is -2.56. The zero-order valence-corrected chi connectivity index (χ0v) is 12.9. The third kappa shape index (κ3) is 3.74. The number of nitrogens with one attached hydrogen (secondary N) is 2. The van der Waals surface area contributed by atoms with Crippen LogP contribution in [0, 0.1) is 0 Å². The summed E-state index contributed by atoms with van der Waals surface area (Å²) in [7, 11) is 1.71. The first kappa shape index (κ1) is 15.8. The molecule has 21 heavy (non-hydrogen) atoms. The lowest BCUT2D eigenvalue weighted by molar-refractivity contribution is -0.118. The molecule has 0 radical (unpaired) electrons. The van der Waals surface area contributed by atoms with Crippen LogP contribution in [0.25, 0.3) is 0 Å². The zero-order valence-electron chi connectivity index (χ0n) is 12.9. The summed E-state index contributed by atoms with van der Waals surface area (Å²) in [5.41, 5.74) is 1.66. The van der Waals surface area contributed by atoms with E-state index in [0.29, 0.717) is 18.7 Å². The van der Waals surface area contributed by atoms with Crippen molar-refractivity contribution in [2.45, 2.75) is 38.5 Å².